The molecular weight excluding hydrogens is 263 g/mol. The molecule has 0 aromatic heterocycles. The van der Waals surface area contributed by atoms with E-state index in [1.54, 1.807) is 0 Å². The van der Waals surface area contributed by atoms with Gasteiger partial charge in [-0.25, -0.2) is 9.18 Å². The third-order valence-corrected chi connectivity index (χ3v) is 2.41. The Morgan fingerprint density at radius 2 is 2.17 bits per heavy atom. The Labute approximate surface area is 108 Å². The molecule has 0 aliphatic rings. The second-order valence-electron chi connectivity index (χ2n) is 3.62. The normalized spacial score (nSPS) is 11.7. The van der Waals surface area contributed by atoms with Crippen molar-refractivity contribution in [3.05, 3.63) is 34.6 Å². The fourth-order valence-electron chi connectivity index (χ4n) is 1.15. The molecule has 5 nitrogen and oxygen atoms in total. The maximum Gasteiger partial charge on any atom is 0.325 e. The molecule has 0 spiro atoms. The van der Waals surface area contributed by atoms with Gasteiger partial charge in [-0.2, -0.15) is 0 Å². The summed E-state index contributed by atoms with van der Waals surface area (Å²) in [5.74, 6) is -1.68. The van der Waals surface area contributed by atoms with E-state index in [2.05, 4.69) is 10.6 Å². The van der Waals surface area contributed by atoms with E-state index in [1.807, 2.05) is 0 Å². The van der Waals surface area contributed by atoms with Crippen molar-refractivity contribution in [2.24, 2.45) is 0 Å². The number of carbonyl (C=O) groups is 2. The highest BCUT2D eigenvalue weighted by Gasteiger charge is 2.13. The van der Waals surface area contributed by atoms with Gasteiger partial charge in [-0.05, 0) is 19.1 Å². The Balaban J connectivity index is 2.50. The van der Waals surface area contributed by atoms with Crippen LogP contribution in [0.15, 0.2) is 18.2 Å². The quantitative estimate of drug-likeness (QED) is 0.783. The van der Waals surface area contributed by atoms with Gasteiger partial charge in [0.2, 0.25) is 0 Å². The summed E-state index contributed by atoms with van der Waals surface area (Å²) < 4.78 is 13.3. The molecular formula is C11H12ClFN2O3. The second-order valence-corrected chi connectivity index (χ2v) is 4.06. The minimum Gasteiger partial charge on any atom is -0.480 e. The van der Waals surface area contributed by atoms with Crippen LogP contribution in [0, 0.1) is 5.82 Å². The lowest BCUT2D eigenvalue weighted by atomic mass is 10.2. The van der Waals surface area contributed by atoms with Gasteiger partial charge in [-0.3, -0.25) is 4.79 Å². The van der Waals surface area contributed by atoms with Crippen molar-refractivity contribution >= 4 is 23.6 Å². The number of hydrogen-bond acceptors (Lipinski definition) is 2. The molecule has 1 aromatic carbocycles. The van der Waals surface area contributed by atoms with Crippen molar-refractivity contribution in [1.82, 2.24) is 10.6 Å². The van der Waals surface area contributed by atoms with E-state index in [4.69, 9.17) is 16.7 Å². The maximum atomic E-state index is 13.3. The molecule has 1 aromatic rings. The standard InChI is InChI=1S/C11H12ClFN2O3/c1-6(10(16)17)15-11(18)14-5-7-2-3-8(12)4-9(7)13/h2-4,6H,5H2,1H3,(H,16,17)(H2,14,15,18). The smallest absolute Gasteiger partial charge is 0.325 e. The predicted octanol–water partition coefficient (Wildman–Crippen LogP) is 1.75. The summed E-state index contributed by atoms with van der Waals surface area (Å²) in [6.45, 7) is 1.27. The SMILES string of the molecule is CC(NC(=O)NCc1ccc(Cl)cc1F)C(=O)O. The van der Waals surface area contributed by atoms with Crippen LogP contribution in [0.25, 0.3) is 0 Å². The molecule has 0 heterocycles. The van der Waals surface area contributed by atoms with E-state index < -0.39 is 23.9 Å². The van der Waals surface area contributed by atoms with Crippen LogP contribution in [0.3, 0.4) is 0 Å². The van der Waals surface area contributed by atoms with E-state index >= 15 is 0 Å². The Bertz CT molecular complexity index is 468. The summed E-state index contributed by atoms with van der Waals surface area (Å²) in [7, 11) is 0. The van der Waals surface area contributed by atoms with Crippen molar-refractivity contribution in [3.8, 4) is 0 Å². The highest BCUT2D eigenvalue weighted by Crippen LogP contribution is 2.14. The van der Waals surface area contributed by atoms with Crippen LogP contribution in [0.4, 0.5) is 9.18 Å². The third-order valence-electron chi connectivity index (χ3n) is 2.17. The van der Waals surface area contributed by atoms with Gasteiger partial charge in [0, 0.05) is 17.1 Å². The van der Waals surface area contributed by atoms with Crippen LogP contribution < -0.4 is 10.6 Å². The minimum absolute atomic E-state index is 0.0544. The van der Waals surface area contributed by atoms with Crippen molar-refractivity contribution in [1.29, 1.82) is 0 Å². The molecule has 0 aliphatic carbocycles. The molecule has 0 fully saturated rings. The van der Waals surface area contributed by atoms with Gasteiger partial charge < -0.3 is 15.7 Å². The van der Waals surface area contributed by atoms with Gasteiger partial charge in [0.25, 0.3) is 0 Å². The van der Waals surface area contributed by atoms with E-state index in [9.17, 15) is 14.0 Å². The van der Waals surface area contributed by atoms with Gasteiger partial charge in [-0.1, -0.05) is 17.7 Å². The monoisotopic (exact) mass is 274 g/mol. The molecule has 1 unspecified atom stereocenters. The van der Waals surface area contributed by atoms with Crippen molar-refractivity contribution in [3.63, 3.8) is 0 Å². The van der Waals surface area contributed by atoms with Crippen LogP contribution >= 0.6 is 11.6 Å². The Morgan fingerprint density at radius 1 is 1.50 bits per heavy atom. The average molecular weight is 275 g/mol. The molecule has 0 aliphatic heterocycles. The topological polar surface area (TPSA) is 78.4 Å². The number of carboxylic acid groups (broad SMARTS) is 1. The van der Waals surface area contributed by atoms with Crippen LogP contribution in [-0.4, -0.2) is 23.1 Å². The molecule has 98 valence electrons. The van der Waals surface area contributed by atoms with Crippen LogP contribution in [-0.2, 0) is 11.3 Å². The molecule has 0 bridgehead atoms. The van der Waals surface area contributed by atoms with E-state index in [0.29, 0.717) is 0 Å². The van der Waals surface area contributed by atoms with E-state index in [-0.39, 0.29) is 17.1 Å². The zero-order valence-corrected chi connectivity index (χ0v) is 10.3. The lowest BCUT2D eigenvalue weighted by Gasteiger charge is -2.11. The Morgan fingerprint density at radius 3 is 2.72 bits per heavy atom. The predicted molar refractivity (Wildman–Crippen MR) is 63.9 cm³/mol. The fraction of sp³-hybridized carbons (Fsp3) is 0.273. The molecule has 0 saturated carbocycles. The third kappa shape index (κ3) is 4.21. The number of urea groups is 1. The van der Waals surface area contributed by atoms with Crippen LogP contribution in [0.1, 0.15) is 12.5 Å². The highest BCUT2D eigenvalue weighted by atomic mass is 35.5. The lowest BCUT2D eigenvalue weighted by molar-refractivity contribution is -0.138. The zero-order valence-electron chi connectivity index (χ0n) is 9.54. The zero-order chi connectivity index (χ0) is 13.7. The first kappa shape index (κ1) is 14.2. The van der Waals surface area contributed by atoms with Gasteiger partial charge in [0.15, 0.2) is 0 Å². The molecule has 1 atom stereocenters. The van der Waals surface area contributed by atoms with Gasteiger partial charge in [0.1, 0.15) is 11.9 Å². The summed E-state index contributed by atoms with van der Waals surface area (Å²) in [5.41, 5.74) is 0.262. The van der Waals surface area contributed by atoms with Gasteiger partial charge >= 0.3 is 12.0 Å². The van der Waals surface area contributed by atoms with Crippen molar-refractivity contribution in [2.45, 2.75) is 19.5 Å². The summed E-state index contributed by atoms with van der Waals surface area (Å²) in [6.07, 6.45) is 0. The number of amides is 2. The first-order chi connectivity index (χ1) is 8.40. The Hall–Kier alpha value is -1.82. The first-order valence-corrected chi connectivity index (χ1v) is 5.49. The largest absolute Gasteiger partial charge is 0.480 e. The number of aliphatic carboxylic acids is 1. The molecule has 2 amide bonds. The number of halogens is 2. The lowest BCUT2D eigenvalue weighted by Crippen LogP contribution is -2.44. The van der Waals surface area contributed by atoms with Crippen LogP contribution in [0.2, 0.25) is 5.02 Å². The average Bonchev–Trinajstić information content (AvgIpc) is 2.27. The fourth-order valence-corrected chi connectivity index (χ4v) is 1.31. The molecule has 1 rings (SSSR count). The van der Waals surface area contributed by atoms with E-state index in [1.165, 1.54) is 19.1 Å². The summed E-state index contributed by atoms with van der Waals surface area (Å²) in [5, 5.41) is 13.4. The molecule has 0 radical (unpaired) electrons. The Kier molecular flexibility index (Phi) is 4.91. The van der Waals surface area contributed by atoms with Crippen LogP contribution in [0.5, 0.6) is 0 Å². The highest BCUT2D eigenvalue weighted by molar-refractivity contribution is 6.30. The summed E-state index contributed by atoms with van der Waals surface area (Å²) >= 11 is 5.58. The van der Waals surface area contributed by atoms with Crippen molar-refractivity contribution < 1.29 is 19.1 Å². The molecule has 0 saturated heterocycles. The number of rotatable bonds is 4. The number of nitrogens with one attached hydrogen (secondary N) is 2. The maximum absolute atomic E-state index is 13.3. The molecule has 18 heavy (non-hydrogen) atoms. The number of hydrogen-bond donors (Lipinski definition) is 3. The van der Waals surface area contributed by atoms with Gasteiger partial charge in [0.05, 0.1) is 0 Å². The van der Waals surface area contributed by atoms with Crippen molar-refractivity contribution in [2.75, 3.05) is 0 Å². The summed E-state index contributed by atoms with van der Waals surface area (Å²) in [4.78, 5) is 21.8. The first-order valence-electron chi connectivity index (χ1n) is 5.11. The number of carbonyl (C=O) groups excluding carboxylic acids is 1. The molecule has 7 heteroatoms. The van der Waals surface area contributed by atoms with Gasteiger partial charge in [-0.15, -0.1) is 0 Å². The van der Waals surface area contributed by atoms with E-state index in [0.717, 1.165) is 6.07 Å². The minimum atomic E-state index is -1.15. The number of carboxylic acids is 1. The number of benzene rings is 1. The summed E-state index contributed by atoms with van der Waals surface area (Å²) in [6, 6.07) is 2.38. The second kappa shape index (κ2) is 6.20. The molecule has 3 N–H and O–H groups in total.